The van der Waals surface area contributed by atoms with Gasteiger partial charge in [0, 0.05) is 11.0 Å². The fraction of sp³-hybridized carbons (Fsp3) is 0.467. The molecule has 1 saturated carbocycles. The van der Waals surface area contributed by atoms with E-state index >= 15 is 0 Å². The standard InChI is InChI=1S/C15H18BrNO3/c16-11-7-5-10(6-8-11)9-17-14(18)12-3-1-2-4-13(12)15(19)20/h5-8,12-13H,1-4,9H2,(H,17,18)(H,19,20)/t12-,13+/m1/s1. The van der Waals surface area contributed by atoms with Crippen molar-refractivity contribution in [1.82, 2.24) is 5.32 Å². The van der Waals surface area contributed by atoms with Crippen LogP contribution in [0.4, 0.5) is 0 Å². The Kier molecular flexibility index (Phi) is 5.17. The SMILES string of the molecule is O=C(O)[C@H]1CCCC[C@H]1C(=O)NCc1ccc(Br)cc1. The first-order valence-corrected chi connectivity index (χ1v) is 7.62. The van der Waals surface area contributed by atoms with E-state index in [9.17, 15) is 14.7 Å². The molecule has 0 saturated heterocycles. The number of hydrogen-bond acceptors (Lipinski definition) is 2. The quantitative estimate of drug-likeness (QED) is 0.886. The summed E-state index contributed by atoms with van der Waals surface area (Å²) in [6, 6.07) is 7.70. The van der Waals surface area contributed by atoms with Crippen LogP contribution < -0.4 is 5.32 Å². The summed E-state index contributed by atoms with van der Waals surface area (Å²) in [6.45, 7) is 0.439. The van der Waals surface area contributed by atoms with E-state index in [1.54, 1.807) is 0 Å². The summed E-state index contributed by atoms with van der Waals surface area (Å²) in [5, 5.41) is 12.0. The second-order valence-corrected chi connectivity index (χ2v) is 6.10. The predicted octanol–water partition coefficient (Wildman–Crippen LogP) is 2.96. The molecular formula is C15H18BrNO3. The van der Waals surface area contributed by atoms with Gasteiger partial charge in [0.2, 0.25) is 5.91 Å². The summed E-state index contributed by atoms with van der Waals surface area (Å²) >= 11 is 3.36. The minimum absolute atomic E-state index is 0.139. The van der Waals surface area contributed by atoms with Gasteiger partial charge in [0.25, 0.3) is 0 Å². The molecule has 0 aromatic heterocycles. The van der Waals surface area contributed by atoms with Crippen LogP contribution >= 0.6 is 15.9 Å². The third-order valence-corrected chi connectivity index (χ3v) is 4.33. The molecule has 108 valence electrons. The van der Waals surface area contributed by atoms with Crippen LogP contribution in [-0.4, -0.2) is 17.0 Å². The molecule has 1 fully saturated rings. The van der Waals surface area contributed by atoms with Crippen molar-refractivity contribution in [1.29, 1.82) is 0 Å². The third-order valence-electron chi connectivity index (χ3n) is 3.80. The molecule has 2 N–H and O–H groups in total. The third kappa shape index (κ3) is 3.82. The van der Waals surface area contributed by atoms with Crippen molar-refractivity contribution in [2.75, 3.05) is 0 Å². The lowest BCUT2D eigenvalue weighted by molar-refractivity contribution is -0.148. The van der Waals surface area contributed by atoms with Crippen molar-refractivity contribution in [3.63, 3.8) is 0 Å². The Morgan fingerprint density at radius 3 is 2.35 bits per heavy atom. The highest BCUT2D eigenvalue weighted by Gasteiger charge is 2.35. The van der Waals surface area contributed by atoms with Crippen molar-refractivity contribution in [3.05, 3.63) is 34.3 Å². The van der Waals surface area contributed by atoms with Crippen LogP contribution in [0.1, 0.15) is 31.2 Å². The van der Waals surface area contributed by atoms with Crippen LogP contribution in [0.3, 0.4) is 0 Å². The fourth-order valence-corrected chi connectivity index (χ4v) is 2.93. The van der Waals surface area contributed by atoms with Crippen molar-refractivity contribution < 1.29 is 14.7 Å². The molecule has 2 rings (SSSR count). The zero-order valence-electron chi connectivity index (χ0n) is 11.1. The van der Waals surface area contributed by atoms with Crippen LogP contribution in [0.25, 0.3) is 0 Å². The molecular weight excluding hydrogens is 322 g/mol. The van der Waals surface area contributed by atoms with Crippen molar-refractivity contribution >= 4 is 27.8 Å². The minimum Gasteiger partial charge on any atom is -0.481 e. The first-order valence-electron chi connectivity index (χ1n) is 6.83. The molecule has 0 aliphatic heterocycles. The van der Waals surface area contributed by atoms with Crippen molar-refractivity contribution in [3.8, 4) is 0 Å². The van der Waals surface area contributed by atoms with Crippen LogP contribution in [0, 0.1) is 11.8 Å². The highest BCUT2D eigenvalue weighted by molar-refractivity contribution is 9.10. The summed E-state index contributed by atoms with van der Waals surface area (Å²) in [6.07, 6.45) is 3.10. The van der Waals surface area contributed by atoms with Crippen LogP contribution in [-0.2, 0) is 16.1 Å². The first-order chi connectivity index (χ1) is 9.58. The number of benzene rings is 1. The van der Waals surface area contributed by atoms with E-state index in [0.29, 0.717) is 19.4 Å². The van der Waals surface area contributed by atoms with E-state index in [1.807, 2.05) is 24.3 Å². The molecule has 1 aliphatic carbocycles. The van der Waals surface area contributed by atoms with E-state index in [1.165, 1.54) is 0 Å². The van der Waals surface area contributed by atoms with Gasteiger partial charge in [0.05, 0.1) is 11.8 Å². The Hall–Kier alpha value is -1.36. The lowest BCUT2D eigenvalue weighted by Gasteiger charge is -2.27. The van der Waals surface area contributed by atoms with Crippen LogP contribution in [0.15, 0.2) is 28.7 Å². The van der Waals surface area contributed by atoms with Gasteiger partial charge in [-0.05, 0) is 30.5 Å². The summed E-state index contributed by atoms with van der Waals surface area (Å²) in [5.74, 6) is -1.92. The van der Waals surface area contributed by atoms with Gasteiger partial charge < -0.3 is 10.4 Å². The molecule has 5 heteroatoms. The summed E-state index contributed by atoms with van der Waals surface area (Å²) in [4.78, 5) is 23.4. The molecule has 0 heterocycles. The molecule has 2 atom stereocenters. The molecule has 1 aromatic carbocycles. The first kappa shape index (κ1) is 15.0. The number of carboxylic acids is 1. The number of carboxylic acid groups (broad SMARTS) is 1. The molecule has 20 heavy (non-hydrogen) atoms. The van der Waals surface area contributed by atoms with Crippen LogP contribution in [0.5, 0.6) is 0 Å². The number of carbonyl (C=O) groups is 2. The lowest BCUT2D eigenvalue weighted by Crippen LogP contribution is -2.39. The normalized spacial score (nSPS) is 22.2. The maximum atomic E-state index is 12.2. The maximum absolute atomic E-state index is 12.2. The highest BCUT2D eigenvalue weighted by Crippen LogP contribution is 2.30. The van der Waals surface area contributed by atoms with Gasteiger partial charge in [-0.15, -0.1) is 0 Å². The average Bonchev–Trinajstić information content (AvgIpc) is 2.46. The van der Waals surface area contributed by atoms with Gasteiger partial charge in [-0.2, -0.15) is 0 Å². The summed E-state index contributed by atoms with van der Waals surface area (Å²) in [5.41, 5.74) is 1.00. The Morgan fingerprint density at radius 2 is 1.75 bits per heavy atom. The molecule has 0 radical (unpaired) electrons. The van der Waals surface area contributed by atoms with Gasteiger partial charge in [0.15, 0.2) is 0 Å². The second kappa shape index (κ2) is 6.88. The molecule has 4 nitrogen and oxygen atoms in total. The fourth-order valence-electron chi connectivity index (χ4n) is 2.66. The number of amides is 1. The number of halogens is 1. The Balaban J connectivity index is 1.93. The molecule has 1 aliphatic rings. The number of aliphatic carboxylic acids is 1. The van der Waals surface area contributed by atoms with E-state index < -0.39 is 17.8 Å². The molecule has 1 aromatic rings. The highest BCUT2D eigenvalue weighted by atomic mass is 79.9. The van der Waals surface area contributed by atoms with Crippen LogP contribution in [0.2, 0.25) is 0 Å². The van der Waals surface area contributed by atoms with Gasteiger partial charge in [-0.1, -0.05) is 40.9 Å². The maximum Gasteiger partial charge on any atom is 0.307 e. The minimum atomic E-state index is -0.853. The average molecular weight is 340 g/mol. The number of rotatable bonds is 4. The van der Waals surface area contributed by atoms with E-state index in [2.05, 4.69) is 21.2 Å². The largest absolute Gasteiger partial charge is 0.481 e. The van der Waals surface area contributed by atoms with Gasteiger partial charge in [0.1, 0.15) is 0 Å². The van der Waals surface area contributed by atoms with Gasteiger partial charge >= 0.3 is 5.97 Å². The Labute approximate surface area is 126 Å². The van der Waals surface area contributed by atoms with Crippen molar-refractivity contribution in [2.24, 2.45) is 11.8 Å². The zero-order chi connectivity index (χ0) is 14.5. The van der Waals surface area contributed by atoms with E-state index in [4.69, 9.17) is 0 Å². The number of carbonyl (C=O) groups excluding carboxylic acids is 1. The van der Waals surface area contributed by atoms with Gasteiger partial charge in [-0.3, -0.25) is 9.59 Å². The van der Waals surface area contributed by atoms with E-state index in [0.717, 1.165) is 22.9 Å². The summed E-state index contributed by atoms with van der Waals surface area (Å²) in [7, 11) is 0. The topological polar surface area (TPSA) is 66.4 Å². The number of nitrogens with one attached hydrogen (secondary N) is 1. The molecule has 0 bridgehead atoms. The monoisotopic (exact) mass is 339 g/mol. The molecule has 0 spiro atoms. The molecule has 1 amide bonds. The zero-order valence-corrected chi connectivity index (χ0v) is 12.7. The second-order valence-electron chi connectivity index (χ2n) is 5.18. The van der Waals surface area contributed by atoms with E-state index in [-0.39, 0.29) is 5.91 Å². The molecule has 0 unspecified atom stereocenters. The summed E-state index contributed by atoms with van der Waals surface area (Å²) < 4.78 is 0.991. The lowest BCUT2D eigenvalue weighted by atomic mass is 9.78. The Bertz CT molecular complexity index is 486. The predicted molar refractivity (Wildman–Crippen MR) is 79.1 cm³/mol. The smallest absolute Gasteiger partial charge is 0.307 e. The number of hydrogen-bond donors (Lipinski definition) is 2. The Morgan fingerprint density at radius 1 is 1.15 bits per heavy atom. The van der Waals surface area contributed by atoms with Gasteiger partial charge in [-0.25, -0.2) is 0 Å². The van der Waals surface area contributed by atoms with Crippen molar-refractivity contribution in [2.45, 2.75) is 32.2 Å².